The molecule has 0 aliphatic heterocycles. The molecule has 0 amide bonds. The number of hydrogen-bond donors (Lipinski definition) is 1. The Morgan fingerprint density at radius 2 is 2.24 bits per heavy atom. The Bertz CT molecular complexity index is 405. The van der Waals surface area contributed by atoms with Gasteiger partial charge in [0, 0.05) is 12.6 Å². The van der Waals surface area contributed by atoms with Crippen LogP contribution in [0.5, 0.6) is 0 Å². The summed E-state index contributed by atoms with van der Waals surface area (Å²) in [5, 5.41) is 3.30. The van der Waals surface area contributed by atoms with Crippen molar-refractivity contribution in [3.05, 3.63) is 29.2 Å². The zero-order valence-corrected chi connectivity index (χ0v) is 10.7. The van der Waals surface area contributed by atoms with Gasteiger partial charge in [-0.15, -0.1) is 0 Å². The highest BCUT2D eigenvalue weighted by Gasteiger charge is 2.09. The van der Waals surface area contributed by atoms with Gasteiger partial charge in [-0.05, 0) is 25.1 Å². The van der Waals surface area contributed by atoms with Crippen LogP contribution < -0.4 is 5.32 Å². The molecule has 94 valence electrons. The lowest BCUT2D eigenvalue weighted by atomic mass is 10.2. The van der Waals surface area contributed by atoms with E-state index >= 15 is 0 Å². The average Bonchev–Trinajstić information content (AvgIpc) is 2.73. The largest absolute Gasteiger partial charge is 0.463 e. The number of rotatable bonds is 5. The fourth-order valence-corrected chi connectivity index (χ4v) is 1.30. The molecule has 0 aliphatic carbocycles. The number of nitrogens with one attached hydrogen (secondary N) is 1. The van der Waals surface area contributed by atoms with Gasteiger partial charge in [-0.3, -0.25) is 0 Å². The summed E-state index contributed by atoms with van der Waals surface area (Å²) >= 11 is 0. The number of hydrogen-bond acceptors (Lipinski definition) is 4. The van der Waals surface area contributed by atoms with E-state index in [9.17, 15) is 4.79 Å². The minimum absolute atomic E-state index is 0.225. The van der Waals surface area contributed by atoms with Crippen LogP contribution in [0.15, 0.2) is 22.1 Å². The van der Waals surface area contributed by atoms with Crippen LogP contribution in [0.1, 0.15) is 37.1 Å². The van der Waals surface area contributed by atoms with Gasteiger partial charge in [0.05, 0.1) is 7.11 Å². The molecule has 0 bridgehead atoms. The van der Waals surface area contributed by atoms with Crippen molar-refractivity contribution in [1.29, 1.82) is 0 Å². The predicted octanol–water partition coefficient (Wildman–Crippen LogP) is 2.47. The number of ether oxygens (including phenoxy) is 1. The first-order valence-corrected chi connectivity index (χ1v) is 5.61. The summed E-state index contributed by atoms with van der Waals surface area (Å²) in [6, 6.07) is 3.81. The van der Waals surface area contributed by atoms with Crippen LogP contribution in [0.4, 0.5) is 0 Å². The normalized spacial score (nSPS) is 11.9. The van der Waals surface area contributed by atoms with Crippen molar-refractivity contribution in [1.82, 2.24) is 5.32 Å². The summed E-state index contributed by atoms with van der Waals surface area (Å²) in [4.78, 5) is 11.2. The minimum atomic E-state index is -0.456. The molecule has 1 heterocycles. The molecule has 0 aliphatic rings. The van der Waals surface area contributed by atoms with Gasteiger partial charge in [0.15, 0.2) is 0 Å². The number of methoxy groups -OCH3 is 1. The number of carbonyl (C=O) groups is 1. The van der Waals surface area contributed by atoms with E-state index < -0.39 is 5.97 Å². The minimum Gasteiger partial charge on any atom is -0.463 e. The van der Waals surface area contributed by atoms with Gasteiger partial charge in [0.2, 0.25) is 5.76 Å². The zero-order valence-electron chi connectivity index (χ0n) is 10.7. The molecular weight excluding hydrogens is 218 g/mol. The molecular formula is C13H19NO3. The lowest BCUT2D eigenvalue weighted by molar-refractivity contribution is 0.0564. The van der Waals surface area contributed by atoms with E-state index in [0.717, 1.165) is 12.1 Å². The van der Waals surface area contributed by atoms with E-state index in [4.69, 9.17) is 4.42 Å². The third-order valence-corrected chi connectivity index (χ3v) is 2.19. The van der Waals surface area contributed by atoms with E-state index in [-0.39, 0.29) is 5.76 Å². The molecule has 1 N–H and O–H groups in total. The van der Waals surface area contributed by atoms with Crippen LogP contribution in [-0.4, -0.2) is 25.7 Å². The molecule has 0 unspecified atom stereocenters. The molecule has 0 atom stereocenters. The predicted molar refractivity (Wildman–Crippen MR) is 66.8 cm³/mol. The topological polar surface area (TPSA) is 51.5 Å². The van der Waals surface area contributed by atoms with E-state index in [0.29, 0.717) is 11.8 Å². The number of furan rings is 1. The SMILES string of the molecule is COC(=O)c1ccc(C=C(C)CNC(C)C)o1. The van der Waals surface area contributed by atoms with Gasteiger partial charge < -0.3 is 14.5 Å². The number of esters is 1. The Morgan fingerprint density at radius 1 is 1.53 bits per heavy atom. The van der Waals surface area contributed by atoms with Crippen LogP contribution in [-0.2, 0) is 4.74 Å². The fourth-order valence-electron chi connectivity index (χ4n) is 1.30. The second-order valence-electron chi connectivity index (χ2n) is 4.22. The van der Waals surface area contributed by atoms with Gasteiger partial charge in [0.25, 0.3) is 0 Å². The van der Waals surface area contributed by atoms with Gasteiger partial charge in [-0.25, -0.2) is 4.79 Å². The van der Waals surface area contributed by atoms with E-state index in [1.165, 1.54) is 7.11 Å². The Hall–Kier alpha value is -1.55. The summed E-state index contributed by atoms with van der Waals surface area (Å²) in [6.45, 7) is 6.99. The maximum Gasteiger partial charge on any atom is 0.373 e. The van der Waals surface area contributed by atoms with E-state index in [1.807, 2.05) is 13.0 Å². The first kappa shape index (κ1) is 13.5. The van der Waals surface area contributed by atoms with Crippen molar-refractivity contribution < 1.29 is 13.9 Å². The molecule has 0 spiro atoms. The molecule has 0 saturated heterocycles. The van der Waals surface area contributed by atoms with Crippen molar-refractivity contribution >= 4 is 12.0 Å². The smallest absolute Gasteiger partial charge is 0.373 e. The van der Waals surface area contributed by atoms with Crippen molar-refractivity contribution in [2.45, 2.75) is 26.8 Å². The lowest BCUT2D eigenvalue weighted by Gasteiger charge is -2.07. The third kappa shape index (κ3) is 4.44. The molecule has 17 heavy (non-hydrogen) atoms. The Kier molecular flexibility index (Phi) is 4.97. The summed E-state index contributed by atoms with van der Waals surface area (Å²) in [5.41, 5.74) is 1.14. The fraction of sp³-hybridized carbons (Fsp3) is 0.462. The van der Waals surface area contributed by atoms with Crippen LogP contribution in [0, 0.1) is 0 Å². The molecule has 4 heteroatoms. The summed E-state index contributed by atoms with van der Waals surface area (Å²) in [7, 11) is 1.33. The first-order chi connectivity index (χ1) is 8.02. The highest BCUT2D eigenvalue weighted by atomic mass is 16.5. The lowest BCUT2D eigenvalue weighted by Crippen LogP contribution is -2.24. The second-order valence-corrected chi connectivity index (χ2v) is 4.22. The average molecular weight is 237 g/mol. The van der Waals surface area contributed by atoms with Crippen molar-refractivity contribution in [2.75, 3.05) is 13.7 Å². The molecule has 1 aromatic heterocycles. The Labute approximate surface area is 102 Å². The summed E-state index contributed by atoms with van der Waals surface area (Å²) < 4.78 is 9.90. The maximum absolute atomic E-state index is 11.2. The second kappa shape index (κ2) is 6.25. The molecule has 0 radical (unpaired) electrons. The van der Waals surface area contributed by atoms with Crippen LogP contribution in [0.3, 0.4) is 0 Å². The first-order valence-electron chi connectivity index (χ1n) is 5.61. The molecule has 0 aromatic carbocycles. The Balaban J connectivity index is 2.64. The quantitative estimate of drug-likeness (QED) is 0.799. The zero-order chi connectivity index (χ0) is 12.8. The van der Waals surface area contributed by atoms with Crippen molar-refractivity contribution in [2.24, 2.45) is 0 Å². The monoisotopic (exact) mass is 237 g/mol. The Morgan fingerprint density at radius 3 is 2.82 bits per heavy atom. The van der Waals surface area contributed by atoms with Gasteiger partial charge in [-0.1, -0.05) is 19.4 Å². The van der Waals surface area contributed by atoms with Gasteiger partial charge in [0.1, 0.15) is 5.76 Å². The van der Waals surface area contributed by atoms with Gasteiger partial charge in [-0.2, -0.15) is 0 Å². The van der Waals surface area contributed by atoms with Crippen molar-refractivity contribution in [3.63, 3.8) is 0 Å². The van der Waals surface area contributed by atoms with Gasteiger partial charge >= 0.3 is 5.97 Å². The van der Waals surface area contributed by atoms with E-state index in [1.54, 1.807) is 12.1 Å². The van der Waals surface area contributed by atoms with Crippen LogP contribution in [0.25, 0.3) is 6.08 Å². The molecule has 1 aromatic rings. The molecule has 1 rings (SSSR count). The summed E-state index contributed by atoms with van der Waals surface area (Å²) in [5.74, 6) is 0.430. The highest BCUT2D eigenvalue weighted by Crippen LogP contribution is 2.12. The molecule has 0 saturated carbocycles. The maximum atomic E-state index is 11.2. The standard InChI is InChI=1S/C13H19NO3/c1-9(2)14-8-10(3)7-11-5-6-12(17-11)13(15)16-4/h5-7,9,14H,8H2,1-4H3. The van der Waals surface area contributed by atoms with E-state index in [2.05, 4.69) is 23.9 Å². The van der Waals surface area contributed by atoms with Crippen LogP contribution >= 0.6 is 0 Å². The van der Waals surface area contributed by atoms with Crippen LogP contribution in [0.2, 0.25) is 0 Å². The highest BCUT2D eigenvalue weighted by molar-refractivity contribution is 5.86. The summed E-state index contributed by atoms with van der Waals surface area (Å²) in [6.07, 6.45) is 1.90. The molecule has 4 nitrogen and oxygen atoms in total. The number of carbonyl (C=O) groups excluding carboxylic acids is 1. The third-order valence-electron chi connectivity index (χ3n) is 2.19. The molecule has 0 fully saturated rings. The van der Waals surface area contributed by atoms with Crippen molar-refractivity contribution in [3.8, 4) is 0 Å².